The molecule has 2 rings (SSSR count). The summed E-state index contributed by atoms with van der Waals surface area (Å²) in [4.78, 5) is 11.8. The first kappa shape index (κ1) is 19.8. The highest BCUT2D eigenvalue weighted by Gasteiger charge is 2.18. The van der Waals surface area contributed by atoms with Gasteiger partial charge in [-0.25, -0.2) is 0 Å². The van der Waals surface area contributed by atoms with Gasteiger partial charge in [0.1, 0.15) is 11.8 Å². The molecule has 2 aromatic carbocycles. The van der Waals surface area contributed by atoms with E-state index in [4.69, 9.17) is 15.2 Å². The lowest BCUT2D eigenvalue weighted by atomic mass is 10.2. The first-order chi connectivity index (χ1) is 11.0. The molecule has 0 bridgehead atoms. The van der Waals surface area contributed by atoms with Gasteiger partial charge in [0.25, 0.3) is 0 Å². The Bertz CT molecular complexity index is 662. The molecule has 0 aliphatic carbocycles. The number of ether oxygens (including phenoxy) is 2. The maximum absolute atomic E-state index is 11.8. The molecular formula is C17H21ClN2O4. The normalized spacial score (nSPS) is 12.5. The van der Waals surface area contributed by atoms with Crippen LogP contribution in [0, 0.1) is 0 Å². The topological polar surface area (TPSA) is 93.8 Å². The van der Waals surface area contributed by atoms with Crippen LogP contribution in [-0.4, -0.2) is 30.3 Å². The van der Waals surface area contributed by atoms with Crippen molar-refractivity contribution in [1.82, 2.24) is 0 Å². The van der Waals surface area contributed by atoms with Gasteiger partial charge in [0.2, 0.25) is 5.91 Å². The van der Waals surface area contributed by atoms with E-state index >= 15 is 0 Å². The maximum atomic E-state index is 11.8. The standard InChI is InChI=1S/C17H20N2O4.ClH/c1-11(20)16(18)17(21)19-12-7-9-13(10-8-12)23-15-6-4-3-5-14(15)22-2;/h3-11,16,20H,18H2,1-2H3,(H,19,21);1H/t11-,16+;/m1./s1. The predicted molar refractivity (Wildman–Crippen MR) is 95.0 cm³/mol. The summed E-state index contributed by atoms with van der Waals surface area (Å²) in [5.41, 5.74) is 6.14. The van der Waals surface area contributed by atoms with Gasteiger partial charge in [-0.05, 0) is 43.3 Å². The van der Waals surface area contributed by atoms with E-state index in [2.05, 4.69) is 5.32 Å². The summed E-state index contributed by atoms with van der Waals surface area (Å²) >= 11 is 0. The van der Waals surface area contributed by atoms with Crippen LogP contribution in [0.3, 0.4) is 0 Å². The molecule has 0 saturated heterocycles. The summed E-state index contributed by atoms with van der Waals surface area (Å²) in [6, 6.07) is 13.2. The monoisotopic (exact) mass is 352 g/mol. The van der Waals surface area contributed by atoms with Crippen molar-refractivity contribution < 1.29 is 19.4 Å². The molecule has 2 aromatic rings. The Kier molecular flexibility index (Phi) is 7.51. The number of para-hydroxylation sites is 2. The van der Waals surface area contributed by atoms with E-state index < -0.39 is 18.1 Å². The molecule has 0 radical (unpaired) electrons. The summed E-state index contributed by atoms with van der Waals surface area (Å²) < 4.78 is 11.0. The number of carbonyl (C=O) groups excluding carboxylic acids is 1. The lowest BCUT2D eigenvalue weighted by Gasteiger charge is -2.15. The largest absolute Gasteiger partial charge is 0.493 e. The number of methoxy groups -OCH3 is 1. The Morgan fingerprint density at radius 1 is 1.12 bits per heavy atom. The fourth-order valence-corrected chi connectivity index (χ4v) is 1.88. The van der Waals surface area contributed by atoms with E-state index in [1.54, 1.807) is 43.5 Å². The molecular weight excluding hydrogens is 332 g/mol. The van der Waals surface area contributed by atoms with Crippen LogP contribution in [0.25, 0.3) is 0 Å². The summed E-state index contributed by atoms with van der Waals surface area (Å²) in [7, 11) is 1.58. The number of halogens is 1. The van der Waals surface area contributed by atoms with Gasteiger partial charge >= 0.3 is 0 Å². The van der Waals surface area contributed by atoms with Crippen molar-refractivity contribution >= 4 is 24.0 Å². The minimum absolute atomic E-state index is 0. The summed E-state index contributed by atoms with van der Waals surface area (Å²) in [5.74, 6) is 1.39. The highest BCUT2D eigenvalue weighted by molar-refractivity contribution is 5.95. The molecule has 24 heavy (non-hydrogen) atoms. The Morgan fingerprint density at radius 2 is 1.71 bits per heavy atom. The first-order valence-electron chi connectivity index (χ1n) is 7.16. The number of nitrogens with one attached hydrogen (secondary N) is 1. The van der Waals surface area contributed by atoms with E-state index in [0.717, 1.165) is 0 Å². The zero-order valence-electron chi connectivity index (χ0n) is 13.4. The zero-order chi connectivity index (χ0) is 16.8. The van der Waals surface area contributed by atoms with E-state index in [9.17, 15) is 9.90 Å². The molecule has 0 aromatic heterocycles. The van der Waals surface area contributed by atoms with Crippen molar-refractivity contribution in [3.05, 3.63) is 48.5 Å². The van der Waals surface area contributed by atoms with Crippen molar-refractivity contribution in [1.29, 1.82) is 0 Å². The molecule has 1 amide bonds. The first-order valence-corrected chi connectivity index (χ1v) is 7.16. The molecule has 0 heterocycles. The molecule has 7 heteroatoms. The average molecular weight is 353 g/mol. The van der Waals surface area contributed by atoms with Gasteiger partial charge in [-0.15, -0.1) is 12.4 Å². The van der Waals surface area contributed by atoms with Crippen molar-refractivity contribution in [2.75, 3.05) is 12.4 Å². The fourth-order valence-electron chi connectivity index (χ4n) is 1.88. The minimum Gasteiger partial charge on any atom is -0.493 e. The second kappa shape index (κ2) is 9.12. The van der Waals surface area contributed by atoms with E-state index in [1.807, 2.05) is 12.1 Å². The molecule has 0 unspecified atom stereocenters. The Labute approximate surface area is 147 Å². The van der Waals surface area contributed by atoms with E-state index in [0.29, 0.717) is 22.9 Å². The van der Waals surface area contributed by atoms with Crippen LogP contribution < -0.4 is 20.5 Å². The number of anilines is 1. The van der Waals surface area contributed by atoms with Crippen LogP contribution in [-0.2, 0) is 4.79 Å². The van der Waals surface area contributed by atoms with Crippen molar-refractivity contribution in [3.63, 3.8) is 0 Å². The van der Waals surface area contributed by atoms with Crippen LogP contribution in [0.1, 0.15) is 6.92 Å². The molecule has 2 atom stereocenters. The Morgan fingerprint density at radius 3 is 2.25 bits per heavy atom. The lowest BCUT2D eigenvalue weighted by molar-refractivity contribution is -0.119. The van der Waals surface area contributed by atoms with Gasteiger partial charge in [-0.3, -0.25) is 4.79 Å². The van der Waals surface area contributed by atoms with Crippen molar-refractivity contribution in [2.24, 2.45) is 5.73 Å². The van der Waals surface area contributed by atoms with Gasteiger partial charge < -0.3 is 25.6 Å². The predicted octanol–water partition coefficient (Wildman–Crippen LogP) is 2.56. The van der Waals surface area contributed by atoms with Crippen molar-refractivity contribution in [3.8, 4) is 17.2 Å². The van der Waals surface area contributed by atoms with Crippen LogP contribution in [0.4, 0.5) is 5.69 Å². The minimum atomic E-state index is -0.973. The fraction of sp³-hybridized carbons (Fsp3) is 0.235. The zero-order valence-corrected chi connectivity index (χ0v) is 14.2. The quantitative estimate of drug-likeness (QED) is 0.742. The number of hydrogen-bond donors (Lipinski definition) is 3. The third-order valence-corrected chi connectivity index (χ3v) is 3.24. The van der Waals surface area contributed by atoms with E-state index in [1.165, 1.54) is 6.92 Å². The maximum Gasteiger partial charge on any atom is 0.243 e. The number of hydrogen-bond acceptors (Lipinski definition) is 5. The van der Waals surface area contributed by atoms with Crippen LogP contribution in [0.5, 0.6) is 17.2 Å². The molecule has 6 nitrogen and oxygen atoms in total. The summed E-state index contributed by atoms with van der Waals surface area (Å²) in [5, 5.41) is 11.9. The molecule has 0 spiro atoms. The smallest absolute Gasteiger partial charge is 0.243 e. The van der Waals surface area contributed by atoms with Crippen LogP contribution in [0.15, 0.2) is 48.5 Å². The summed E-state index contributed by atoms with van der Waals surface area (Å²) in [6.45, 7) is 1.47. The Hall–Kier alpha value is -2.28. The third kappa shape index (κ3) is 5.13. The lowest BCUT2D eigenvalue weighted by Crippen LogP contribution is -2.43. The second-order valence-electron chi connectivity index (χ2n) is 5.03. The number of aliphatic hydroxyl groups is 1. The van der Waals surface area contributed by atoms with Crippen LogP contribution in [0.2, 0.25) is 0 Å². The van der Waals surface area contributed by atoms with Gasteiger partial charge in [0, 0.05) is 5.69 Å². The third-order valence-electron chi connectivity index (χ3n) is 3.24. The van der Waals surface area contributed by atoms with Gasteiger partial charge in [-0.2, -0.15) is 0 Å². The second-order valence-corrected chi connectivity index (χ2v) is 5.03. The molecule has 0 fully saturated rings. The van der Waals surface area contributed by atoms with Crippen LogP contribution >= 0.6 is 12.4 Å². The summed E-state index contributed by atoms with van der Waals surface area (Å²) in [6.07, 6.45) is -0.914. The van der Waals surface area contributed by atoms with Crippen molar-refractivity contribution in [2.45, 2.75) is 19.1 Å². The molecule has 4 N–H and O–H groups in total. The number of aliphatic hydroxyl groups excluding tert-OH is 1. The highest BCUT2D eigenvalue weighted by Crippen LogP contribution is 2.31. The highest BCUT2D eigenvalue weighted by atomic mass is 35.5. The van der Waals surface area contributed by atoms with Gasteiger partial charge in [0.05, 0.1) is 13.2 Å². The van der Waals surface area contributed by atoms with E-state index in [-0.39, 0.29) is 12.4 Å². The average Bonchev–Trinajstić information content (AvgIpc) is 2.56. The molecule has 0 aliphatic heterocycles. The number of rotatable bonds is 6. The molecule has 0 saturated carbocycles. The van der Waals surface area contributed by atoms with Gasteiger partial charge in [0.15, 0.2) is 11.5 Å². The number of amides is 1. The van der Waals surface area contributed by atoms with Gasteiger partial charge in [-0.1, -0.05) is 12.1 Å². The number of nitrogens with two attached hydrogens (primary N) is 1. The SMILES string of the molecule is COc1ccccc1Oc1ccc(NC(=O)[C@@H](N)[C@@H](C)O)cc1.Cl. The number of carbonyl (C=O) groups is 1. The Balaban J connectivity index is 0.00000288. The molecule has 130 valence electrons. The molecule has 0 aliphatic rings. The number of benzene rings is 2.